The van der Waals surface area contributed by atoms with E-state index in [1.807, 2.05) is 10.8 Å². The minimum Gasteiger partial charge on any atom is -0.268 e. The monoisotopic (exact) mass is 369 g/mol. The number of nitrogens with one attached hydrogen (secondary N) is 1. The lowest BCUT2D eigenvalue weighted by Crippen LogP contribution is -2.31. The Morgan fingerprint density at radius 2 is 1.74 bits per heavy atom. The van der Waals surface area contributed by atoms with Gasteiger partial charge in [-0.05, 0) is 36.8 Å². The number of carbonyl (C=O) groups is 1. The van der Waals surface area contributed by atoms with Crippen molar-refractivity contribution in [3.05, 3.63) is 74.6 Å². The number of benzene rings is 2. The summed E-state index contributed by atoms with van der Waals surface area (Å²) in [5.74, 6) is -0.813. The van der Waals surface area contributed by atoms with Crippen molar-refractivity contribution in [2.45, 2.75) is 6.92 Å². The Bertz CT molecular complexity index is 862. The van der Waals surface area contributed by atoms with Crippen molar-refractivity contribution in [2.75, 3.05) is 0 Å². The summed E-state index contributed by atoms with van der Waals surface area (Å²) in [5.41, 5.74) is 0.750. The molecule has 0 aromatic heterocycles. The molecule has 23 heavy (non-hydrogen) atoms. The van der Waals surface area contributed by atoms with Gasteiger partial charge in [-0.15, -0.1) is 0 Å². The van der Waals surface area contributed by atoms with Gasteiger partial charge in [0.05, 0.1) is 15.5 Å². The molecule has 0 saturated heterocycles. The highest BCUT2D eigenvalue weighted by atomic mass is 35.5. The minimum absolute atomic E-state index is 0.0159. The summed E-state index contributed by atoms with van der Waals surface area (Å²) >= 11 is 11.7. The summed E-state index contributed by atoms with van der Waals surface area (Å²) in [6.07, 6.45) is 1.47. The van der Waals surface area contributed by atoms with Gasteiger partial charge >= 0.3 is 0 Å². The molecule has 0 aliphatic rings. The van der Waals surface area contributed by atoms with Crippen LogP contribution in [0.4, 0.5) is 0 Å². The van der Waals surface area contributed by atoms with Gasteiger partial charge < -0.3 is 0 Å². The number of hydrogen-bond donors (Lipinski definition) is 1. The maximum atomic E-state index is 12.2. The van der Waals surface area contributed by atoms with E-state index in [2.05, 4.69) is 0 Å². The van der Waals surface area contributed by atoms with Gasteiger partial charge in [-0.3, -0.25) is 4.79 Å². The molecule has 0 fully saturated rings. The molecule has 0 heterocycles. The summed E-state index contributed by atoms with van der Waals surface area (Å²) in [5, 5.41) is 0.435. The third kappa shape index (κ3) is 4.58. The van der Waals surface area contributed by atoms with Gasteiger partial charge in [0.2, 0.25) is 0 Å². The first kappa shape index (κ1) is 17.5. The smallest absolute Gasteiger partial charge is 0.266 e. The van der Waals surface area contributed by atoms with Crippen LogP contribution in [0, 0.1) is 0 Å². The first-order valence-electron chi connectivity index (χ1n) is 6.55. The molecule has 0 unspecified atom stereocenters. The maximum Gasteiger partial charge on any atom is 0.266 e. The zero-order valence-corrected chi connectivity index (χ0v) is 14.4. The van der Waals surface area contributed by atoms with Crippen LogP contribution in [0.3, 0.4) is 0 Å². The van der Waals surface area contributed by atoms with Crippen molar-refractivity contribution in [1.82, 2.24) is 4.72 Å². The number of amides is 1. The Labute approximate surface area is 144 Å². The fourth-order valence-electron chi connectivity index (χ4n) is 1.79. The third-order valence-corrected chi connectivity index (χ3v) is 4.96. The second-order valence-electron chi connectivity index (χ2n) is 4.72. The Morgan fingerprint density at radius 3 is 2.35 bits per heavy atom. The second-order valence-corrected chi connectivity index (χ2v) is 7.42. The average molecular weight is 370 g/mol. The molecule has 2 aromatic rings. The molecule has 0 spiro atoms. The lowest BCUT2D eigenvalue weighted by molar-refractivity contribution is 0.0982. The SMILES string of the molecule is C/C(=C/c1ccccc1)S(=O)(=O)NC(=O)c1ccc(Cl)cc1Cl. The van der Waals surface area contributed by atoms with Gasteiger partial charge in [0.1, 0.15) is 0 Å². The molecular formula is C16H13Cl2NO3S. The highest BCUT2D eigenvalue weighted by Crippen LogP contribution is 2.21. The van der Waals surface area contributed by atoms with Crippen LogP contribution in [0.15, 0.2) is 53.4 Å². The van der Waals surface area contributed by atoms with Gasteiger partial charge in [-0.25, -0.2) is 13.1 Å². The predicted molar refractivity (Wildman–Crippen MR) is 92.9 cm³/mol. The van der Waals surface area contributed by atoms with Crippen LogP contribution in [0.25, 0.3) is 6.08 Å². The van der Waals surface area contributed by atoms with Gasteiger partial charge in [-0.1, -0.05) is 53.5 Å². The summed E-state index contributed by atoms with van der Waals surface area (Å²) in [4.78, 5) is 12.1. The summed E-state index contributed by atoms with van der Waals surface area (Å²) < 4.78 is 26.4. The van der Waals surface area contributed by atoms with Gasteiger partial charge in [0, 0.05) is 5.02 Å². The molecule has 0 atom stereocenters. The first-order chi connectivity index (χ1) is 10.8. The number of carbonyl (C=O) groups excluding carboxylic acids is 1. The summed E-state index contributed by atoms with van der Waals surface area (Å²) in [6.45, 7) is 1.41. The van der Waals surface area contributed by atoms with E-state index in [4.69, 9.17) is 23.2 Å². The van der Waals surface area contributed by atoms with Gasteiger partial charge in [0.15, 0.2) is 0 Å². The van der Waals surface area contributed by atoms with Crippen LogP contribution in [0.1, 0.15) is 22.8 Å². The summed E-state index contributed by atoms with van der Waals surface area (Å²) in [6, 6.07) is 13.1. The topological polar surface area (TPSA) is 63.2 Å². The van der Waals surface area contributed by atoms with Crippen LogP contribution in [-0.4, -0.2) is 14.3 Å². The number of allylic oxidation sites excluding steroid dienone is 1. The van der Waals surface area contributed by atoms with Crippen LogP contribution < -0.4 is 4.72 Å². The Kier molecular flexibility index (Phi) is 5.46. The van der Waals surface area contributed by atoms with E-state index in [1.165, 1.54) is 31.2 Å². The van der Waals surface area contributed by atoms with Crippen LogP contribution in [0.5, 0.6) is 0 Å². The molecule has 1 N–H and O–H groups in total. The third-order valence-electron chi connectivity index (χ3n) is 3.00. The van der Waals surface area contributed by atoms with Crippen molar-refractivity contribution in [3.63, 3.8) is 0 Å². The van der Waals surface area contributed by atoms with Crippen LogP contribution in [0.2, 0.25) is 10.0 Å². The fourth-order valence-corrected chi connectivity index (χ4v) is 3.09. The molecule has 4 nitrogen and oxygen atoms in total. The zero-order chi connectivity index (χ0) is 17.0. The quantitative estimate of drug-likeness (QED) is 0.881. The van der Waals surface area contributed by atoms with Crippen molar-refractivity contribution in [2.24, 2.45) is 0 Å². The van der Waals surface area contributed by atoms with E-state index < -0.39 is 15.9 Å². The molecular weight excluding hydrogens is 357 g/mol. The van der Waals surface area contributed by atoms with Crippen molar-refractivity contribution in [3.8, 4) is 0 Å². The molecule has 120 valence electrons. The van der Waals surface area contributed by atoms with Crippen LogP contribution >= 0.6 is 23.2 Å². The Balaban J connectivity index is 2.24. The zero-order valence-electron chi connectivity index (χ0n) is 12.1. The lowest BCUT2D eigenvalue weighted by atomic mass is 10.2. The Morgan fingerprint density at radius 1 is 1.09 bits per heavy atom. The molecule has 0 bridgehead atoms. The Hall–Kier alpha value is -1.82. The van der Waals surface area contributed by atoms with E-state index >= 15 is 0 Å². The normalized spacial score (nSPS) is 12.0. The van der Waals surface area contributed by atoms with Crippen molar-refractivity contribution >= 4 is 45.2 Å². The van der Waals surface area contributed by atoms with E-state index in [0.717, 1.165) is 0 Å². The molecule has 0 aliphatic heterocycles. The maximum absolute atomic E-state index is 12.2. The van der Waals surface area contributed by atoms with Crippen molar-refractivity contribution < 1.29 is 13.2 Å². The van der Waals surface area contributed by atoms with E-state index in [0.29, 0.717) is 10.6 Å². The standard InChI is InChI=1S/C16H13Cl2NO3S/c1-11(9-12-5-3-2-4-6-12)23(21,22)19-16(20)14-8-7-13(17)10-15(14)18/h2-10H,1H3,(H,19,20)/b11-9-. The molecule has 0 radical (unpaired) electrons. The number of halogens is 2. The van der Waals surface area contributed by atoms with Crippen molar-refractivity contribution in [1.29, 1.82) is 0 Å². The number of sulfonamides is 1. The fraction of sp³-hybridized carbons (Fsp3) is 0.0625. The molecule has 7 heteroatoms. The van der Waals surface area contributed by atoms with E-state index in [-0.39, 0.29) is 15.5 Å². The van der Waals surface area contributed by atoms with Gasteiger partial charge in [0.25, 0.3) is 15.9 Å². The summed E-state index contributed by atoms with van der Waals surface area (Å²) in [7, 11) is -3.96. The van der Waals surface area contributed by atoms with E-state index in [1.54, 1.807) is 24.3 Å². The largest absolute Gasteiger partial charge is 0.268 e. The van der Waals surface area contributed by atoms with E-state index in [9.17, 15) is 13.2 Å². The highest BCUT2D eigenvalue weighted by Gasteiger charge is 2.20. The first-order valence-corrected chi connectivity index (χ1v) is 8.79. The molecule has 2 rings (SSSR count). The molecule has 2 aromatic carbocycles. The number of rotatable bonds is 4. The van der Waals surface area contributed by atoms with Gasteiger partial charge in [-0.2, -0.15) is 0 Å². The molecule has 0 saturated carbocycles. The molecule has 1 amide bonds. The molecule has 0 aliphatic carbocycles. The average Bonchev–Trinajstić information content (AvgIpc) is 2.47. The highest BCUT2D eigenvalue weighted by molar-refractivity contribution is 7.94. The minimum atomic E-state index is -3.96. The number of hydrogen-bond acceptors (Lipinski definition) is 3. The van der Waals surface area contributed by atoms with Crippen LogP contribution in [-0.2, 0) is 10.0 Å². The lowest BCUT2D eigenvalue weighted by Gasteiger charge is -2.08. The predicted octanol–water partition coefficient (Wildman–Crippen LogP) is 4.11. The second kappa shape index (κ2) is 7.17.